The van der Waals surface area contributed by atoms with Gasteiger partial charge < -0.3 is 15.0 Å². The average Bonchev–Trinajstić information content (AvgIpc) is 3.07. The molecule has 7 nitrogen and oxygen atoms in total. The second-order valence-corrected chi connectivity index (χ2v) is 5.97. The number of nitrogens with zero attached hydrogens (tertiary/aromatic N) is 3. The maximum Gasteiger partial charge on any atom is 0.222 e. The number of ether oxygens (including phenoxy) is 1. The molecule has 0 aliphatic carbocycles. The van der Waals surface area contributed by atoms with E-state index in [-0.39, 0.29) is 5.91 Å². The van der Waals surface area contributed by atoms with Gasteiger partial charge >= 0.3 is 0 Å². The van der Waals surface area contributed by atoms with Crippen molar-refractivity contribution in [2.24, 2.45) is 0 Å². The van der Waals surface area contributed by atoms with Crippen molar-refractivity contribution < 1.29 is 9.53 Å². The molecule has 2 N–H and O–H groups in total. The van der Waals surface area contributed by atoms with Crippen LogP contribution in [0.1, 0.15) is 6.92 Å². The summed E-state index contributed by atoms with van der Waals surface area (Å²) in [5.41, 5.74) is 5.37. The summed E-state index contributed by atoms with van der Waals surface area (Å²) in [6.07, 6.45) is 5.18. The van der Waals surface area contributed by atoms with Crippen LogP contribution in [-0.4, -0.2) is 33.0 Å². The first-order chi connectivity index (χ1) is 13.2. The molecule has 27 heavy (non-hydrogen) atoms. The zero-order chi connectivity index (χ0) is 18.8. The lowest BCUT2D eigenvalue weighted by molar-refractivity contribution is -0.114. The van der Waals surface area contributed by atoms with Crippen molar-refractivity contribution in [2.45, 2.75) is 6.92 Å². The van der Waals surface area contributed by atoms with E-state index in [0.717, 1.165) is 33.4 Å². The van der Waals surface area contributed by atoms with Gasteiger partial charge in [-0.25, -0.2) is 9.97 Å². The lowest BCUT2D eigenvalue weighted by atomic mass is 10.0. The summed E-state index contributed by atoms with van der Waals surface area (Å²) < 4.78 is 5.16. The largest absolute Gasteiger partial charge is 0.481 e. The van der Waals surface area contributed by atoms with Crippen LogP contribution in [0.5, 0.6) is 5.88 Å². The third kappa shape index (κ3) is 3.22. The molecule has 0 atom stereocenters. The van der Waals surface area contributed by atoms with Crippen molar-refractivity contribution in [1.82, 2.24) is 19.9 Å². The van der Waals surface area contributed by atoms with Crippen LogP contribution < -0.4 is 10.1 Å². The van der Waals surface area contributed by atoms with Crippen molar-refractivity contribution in [1.29, 1.82) is 0 Å². The van der Waals surface area contributed by atoms with Crippen LogP contribution in [0.25, 0.3) is 33.4 Å². The van der Waals surface area contributed by atoms with Crippen LogP contribution in [0.3, 0.4) is 0 Å². The van der Waals surface area contributed by atoms with Crippen molar-refractivity contribution in [3.63, 3.8) is 0 Å². The van der Waals surface area contributed by atoms with Gasteiger partial charge in [0.1, 0.15) is 5.82 Å². The van der Waals surface area contributed by atoms with Crippen molar-refractivity contribution >= 4 is 22.8 Å². The summed E-state index contributed by atoms with van der Waals surface area (Å²) in [6.45, 7) is 1.45. The van der Waals surface area contributed by atoms with Gasteiger partial charge in [0.25, 0.3) is 0 Å². The number of hydrogen-bond acceptors (Lipinski definition) is 5. The fourth-order valence-electron chi connectivity index (χ4n) is 3.00. The first-order valence-corrected chi connectivity index (χ1v) is 8.37. The molecule has 4 aromatic heterocycles. The molecule has 134 valence electrons. The Hall–Kier alpha value is -3.74. The molecule has 0 aliphatic heterocycles. The standard InChI is InChI=1S/C20H17N5O2/c1-12(26)24-16-10-13(7-9-21-16)19-18(14-5-6-17(27-2)23-11-14)20-15(25-19)4-3-8-22-20/h3-11,25H,1-2H3,(H,21,24,26). The number of carbonyl (C=O) groups is 1. The number of aromatic nitrogens is 4. The van der Waals surface area contributed by atoms with Crippen LogP contribution >= 0.6 is 0 Å². The number of rotatable bonds is 4. The minimum absolute atomic E-state index is 0.169. The molecule has 0 spiro atoms. The third-order valence-corrected chi connectivity index (χ3v) is 4.14. The highest BCUT2D eigenvalue weighted by atomic mass is 16.5. The van der Waals surface area contributed by atoms with Gasteiger partial charge in [-0.3, -0.25) is 9.78 Å². The predicted octanol–water partition coefficient (Wildman–Crippen LogP) is 3.65. The Morgan fingerprint density at radius 1 is 1.07 bits per heavy atom. The number of carbonyl (C=O) groups excluding carboxylic acids is 1. The highest BCUT2D eigenvalue weighted by Gasteiger charge is 2.17. The van der Waals surface area contributed by atoms with Crippen LogP contribution in [0, 0.1) is 0 Å². The smallest absolute Gasteiger partial charge is 0.222 e. The van der Waals surface area contributed by atoms with Gasteiger partial charge in [-0.15, -0.1) is 0 Å². The number of nitrogens with one attached hydrogen (secondary N) is 2. The number of anilines is 1. The lowest BCUT2D eigenvalue weighted by Crippen LogP contribution is -2.07. The fourth-order valence-corrected chi connectivity index (χ4v) is 3.00. The summed E-state index contributed by atoms with van der Waals surface area (Å²) in [5, 5.41) is 2.71. The topological polar surface area (TPSA) is 92.8 Å². The molecule has 1 amide bonds. The molecular weight excluding hydrogens is 342 g/mol. The molecule has 0 fully saturated rings. The second kappa shape index (κ2) is 6.87. The molecule has 0 saturated heterocycles. The Bertz CT molecular complexity index is 1120. The van der Waals surface area contributed by atoms with Gasteiger partial charge in [0, 0.05) is 48.3 Å². The number of amides is 1. The number of fused-ring (bicyclic) bond motifs is 1. The third-order valence-electron chi connectivity index (χ3n) is 4.14. The highest BCUT2D eigenvalue weighted by Crippen LogP contribution is 2.37. The van der Waals surface area contributed by atoms with Gasteiger partial charge in [-0.05, 0) is 30.3 Å². The lowest BCUT2D eigenvalue weighted by Gasteiger charge is -2.08. The highest BCUT2D eigenvalue weighted by molar-refractivity contribution is 6.01. The molecule has 0 aromatic carbocycles. The Morgan fingerprint density at radius 3 is 2.70 bits per heavy atom. The van der Waals surface area contributed by atoms with Gasteiger partial charge in [0.2, 0.25) is 11.8 Å². The van der Waals surface area contributed by atoms with E-state index in [4.69, 9.17) is 4.74 Å². The van der Waals surface area contributed by atoms with Gasteiger partial charge in [0.15, 0.2) is 0 Å². The predicted molar refractivity (Wildman–Crippen MR) is 103 cm³/mol. The molecule has 4 heterocycles. The second-order valence-electron chi connectivity index (χ2n) is 5.97. The van der Waals surface area contributed by atoms with Crippen molar-refractivity contribution in [3.05, 3.63) is 55.0 Å². The van der Waals surface area contributed by atoms with E-state index in [1.54, 1.807) is 25.7 Å². The summed E-state index contributed by atoms with van der Waals surface area (Å²) in [7, 11) is 1.58. The van der Waals surface area contributed by atoms with E-state index in [1.165, 1.54) is 6.92 Å². The minimum atomic E-state index is -0.169. The van der Waals surface area contributed by atoms with E-state index >= 15 is 0 Å². The quantitative estimate of drug-likeness (QED) is 0.580. The summed E-state index contributed by atoms with van der Waals surface area (Å²) in [4.78, 5) is 27.8. The van der Waals surface area contributed by atoms with Crippen LogP contribution in [0.15, 0.2) is 55.0 Å². The fraction of sp³-hybridized carbons (Fsp3) is 0.100. The first kappa shape index (κ1) is 16.7. The maximum absolute atomic E-state index is 11.4. The van der Waals surface area contributed by atoms with E-state index in [1.807, 2.05) is 36.4 Å². The molecule has 0 saturated carbocycles. The van der Waals surface area contributed by atoms with Crippen molar-refractivity contribution in [3.8, 4) is 28.3 Å². The van der Waals surface area contributed by atoms with Crippen LogP contribution in [0.4, 0.5) is 5.82 Å². The Morgan fingerprint density at radius 2 is 1.96 bits per heavy atom. The number of H-pyrrole nitrogens is 1. The average molecular weight is 359 g/mol. The van der Waals surface area contributed by atoms with Crippen LogP contribution in [0.2, 0.25) is 0 Å². The Balaban J connectivity index is 1.91. The molecule has 4 rings (SSSR count). The molecule has 7 heteroatoms. The number of aromatic amines is 1. The zero-order valence-corrected chi connectivity index (χ0v) is 14.9. The Labute approximate surface area is 155 Å². The number of hydrogen-bond donors (Lipinski definition) is 2. The molecule has 4 aromatic rings. The normalized spacial score (nSPS) is 10.7. The van der Waals surface area contributed by atoms with Gasteiger partial charge in [-0.2, -0.15) is 0 Å². The summed E-state index contributed by atoms with van der Waals surface area (Å²) >= 11 is 0. The molecule has 0 unspecified atom stereocenters. The van der Waals surface area contributed by atoms with Crippen molar-refractivity contribution in [2.75, 3.05) is 12.4 Å². The first-order valence-electron chi connectivity index (χ1n) is 8.37. The number of pyridine rings is 3. The molecule has 0 aliphatic rings. The molecular formula is C20H17N5O2. The number of methoxy groups -OCH3 is 1. The SMILES string of the molecule is COc1ccc(-c2c(-c3ccnc(NC(C)=O)c3)[nH]c3cccnc23)cn1. The van der Waals surface area contributed by atoms with E-state index in [2.05, 4.69) is 25.3 Å². The minimum Gasteiger partial charge on any atom is -0.481 e. The Kier molecular flexibility index (Phi) is 4.25. The van der Waals surface area contributed by atoms with E-state index < -0.39 is 0 Å². The van der Waals surface area contributed by atoms with Gasteiger partial charge in [-0.1, -0.05) is 0 Å². The summed E-state index contributed by atoms with van der Waals surface area (Å²) in [6, 6.07) is 11.3. The molecule has 0 bridgehead atoms. The van der Waals surface area contributed by atoms with E-state index in [0.29, 0.717) is 11.7 Å². The van der Waals surface area contributed by atoms with Gasteiger partial charge in [0.05, 0.1) is 23.8 Å². The van der Waals surface area contributed by atoms with Crippen LogP contribution in [-0.2, 0) is 4.79 Å². The monoisotopic (exact) mass is 359 g/mol. The van der Waals surface area contributed by atoms with E-state index in [9.17, 15) is 4.79 Å². The maximum atomic E-state index is 11.4. The molecule has 0 radical (unpaired) electrons. The summed E-state index contributed by atoms with van der Waals surface area (Å²) in [5.74, 6) is 0.868. The zero-order valence-electron chi connectivity index (χ0n) is 14.9.